The van der Waals surface area contributed by atoms with Crippen molar-refractivity contribution in [1.29, 1.82) is 0 Å². The van der Waals surface area contributed by atoms with Gasteiger partial charge in [-0.1, -0.05) is 18.2 Å². The summed E-state index contributed by atoms with van der Waals surface area (Å²) in [5.74, 6) is 0.155. The van der Waals surface area contributed by atoms with Crippen molar-refractivity contribution in [3.8, 4) is 0 Å². The Balaban J connectivity index is 2.10. The summed E-state index contributed by atoms with van der Waals surface area (Å²) in [6, 6.07) is 3.58. The van der Waals surface area contributed by atoms with E-state index in [1.807, 2.05) is 12.1 Å². The predicted octanol–water partition coefficient (Wildman–Crippen LogP) is 0.0640. The molecule has 0 aliphatic heterocycles. The molecule has 0 amide bonds. The minimum atomic E-state index is -3.79. The Kier molecular flexibility index (Phi) is 3.71. The van der Waals surface area contributed by atoms with Crippen LogP contribution in [0.15, 0.2) is 41.5 Å². The lowest BCUT2D eigenvalue weighted by Crippen LogP contribution is -2.31. The highest BCUT2D eigenvalue weighted by Crippen LogP contribution is 2.39. The molecule has 0 spiro atoms. The molecular weight excluding hydrogens is 318 g/mol. The fourth-order valence-electron chi connectivity index (χ4n) is 2.87. The Morgan fingerprint density at radius 3 is 2.87 bits per heavy atom. The zero-order valence-corrected chi connectivity index (χ0v) is 13.1. The fraction of sp³-hybridized carbons (Fsp3) is 0.286. The number of rotatable bonds is 4. The molecule has 1 atom stereocenters. The molecule has 1 unspecified atom stereocenters. The molecule has 0 bridgehead atoms. The van der Waals surface area contributed by atoms with Crippen LogP contribution in [-0.4, -0.2) is 34.7 Å². The molecule has 9 heteroatoms. The van der Waals surface area contributed by atoms with E-state index in [-0.39, 0.29) is 23.9 Å². The van der Waals surface area contributed by atoms with Crippen molar-refractivity contribution in [2.75, 3.05) is 12.3 Å². The van der Waals surface area contributed by atoms with Crippen molar-refractivity contribution in [2.45, 2.75) is 18.3 Å². The summed E-state index contributed by atoms with van der Waals surface area (Å²) in [6.45, 7) is -0.0974. The molecule has 3 rings (SSSR count). The molecule has 2 heterocycles. The van der Waals surface area contributed by atoms with Crippen molar-refractivity contribution >= 4 is 21.6 Å². The summed E-state index contributed by atoms with van der Waals surface area (Å²) in [5.41, 5.74) is 6.30. The van der Waals surface area contributed by atoms with Gasteiger partial charge in [-0.25, -0.2) is 18.1 Å². The second-order valence-electron chi connectivity index (χ2n) is 5.53. The van der Waals surface area contributed by atoms with Gasteiger partial charge in [-0.2, -0.15) is 4.98 Å². The van der Waals surface area contributed by atoms with Crippen LogP contribution < -0.4 is 10.9 Å². The molecule has 23 heavy (non-hydrogen) atoms. The van der Waals surface area contributed by atoms with Crippen molar-refractivity contribution in [2.24, 2.45) is 5.14 Å². The van der Waals surface area contributed by atoms with E-state index in [4.69, 9.17) is 10.9 Å². The third kappa shape index (κ3) is 2.85. The van der Waals surface area contributed by atoms with E-state index in [1.165, 1.54) is 10.6 Å². The highest BCUT2D eigenvalue weighted by atomic mass is 32.2. The number of fused-ring (bicyclic) bond motifs is 1. The van der Waals surface area contributed by atoms with Crippen molar-refractivity contribution in [3.63, 3.8) is 0 Å². The zero-order chi connectivity index (χ0) is 16.7. The standard InChI is InChI=1S/C14H17N5O3S/c15-13-17-12-4-3-10(9-19(12)18-13)14(6-7-20)5-1-2-11(8-14)23(16,21)22/h1-5,9,20H,6-8H2,(H2,15,18)(H2,16,21,22). The summed E-state index contributed by atoms with van der Waals surface area (Å²) < 4.78 is 24.9. The molecule has 0 radical (unpaired) electrons. The van der Waals surface area contributed by atoms with Crippen LogP contribution in [0.1, 0.15) is 18.4 Å². The van der Waals surface area contributed by atoms with Crippen LogP contribution in [0.3, 0.4) is 0 Å². The van der Waals surface area contributed by atoms with E-state index >= 15 is 0 Å². The summed E-state index contributed by atoms with van der Waals surface area (Å²) in [7, 11) is -3.79. The number of nitrogen functional groups attached to an aromatic ring is 1. The van der Waals surface area contributed by atoms with Crippen LogP contribution in [0.4, 0.5) is 5.95 Å². The van der Waals surface area contributed by atoms with Crippen LogP contribution >= 0.6 is 0 Å². The average Bonchev–Trinajstić information content (AvgIpc) is 2.86. The lowest BCUT2D eigenvalue weighted by Gasteiger charge is -2.33. The van der Waals surface area contributed by atoms with E-state index in [0.29, 0.717) is 12.1 Å². The summed E-state index contributed by atoms with van der Waals surface area (Å²) >= 11 is 0. The highest BCUT2D eigenvalue weighted by molar-refractivity contribution is 7.93. The zero-order valence-electron chi connectivity index (χ0n) is 12.3. The molecule has 122 valence electrons. The van der Waals surface area contributed by atoms with Crippen LogP contribution in [0.2, 0.25) is 0 Å². The quantitative estimate of drug-likeness (QED) is 0.723. The first kappa shape index (κ1) is 15.7. The molecule has 1 aliphatic carbocycles. The molecule has 2 aromatic heterocycles. The molecule has 0 aromatic carbocycles. The van der Waals surface area contributed by atoms with E-state index in [2.05, 4.69) is 10.1 Å². The van der Waals surface area contributed by atoms with Crippen molar-refractivity contribution in [3.05, 3.63) is 47.0 Å². The van der Waals surface area contributed by atoms with Gasteiger partial charge in [-0.05, 0) is 30.5 Å². The summed E-state index contributed by atoms with van der Waals surface area (Å²) in [4.78, 5) is 4.19. The number of pyridine rings is 1. The number of aliphatic hydroxyl groups excluding tert-OH is 1. The van der Waals surface area contributed by atoms with Gasteiger partial charge in [0.2, 0.25) is 16.0 Å². The first-order valence-corrected chi connectivity index (χ1v) is 8.53. The minimum Gasteiger partial charge on any atom is -0.396 e. The molecule has 5 N–H and O–H groups in total. The Labute approximate surface area is 133 Å². The average molecular weight is 335 g/mol. The number of nitrogens with zero attached hydrogens (tertiary/aromatic N) is 3. The third-order valence-corrected chi connectivity index (χ3v) is 5.04. The van der Waals surface area contributed by atoms with Gasteiger partial charge in [0.05, 0.1) is 4.91 Å². The first-order chi connectivity index (χ1) is 10.8. The highest BCUT2D eigenvalue weighted by Gasteiger charge is 2.35. The molecule has 0 fully saturated rings. The monoisotopic (exact) mass is 335 g/mol. The van der Waals surface area contributed by atoms with Gasteiger partial charge in [-0.3, -0.25) is 0 Å². The molecule has 0 saturated carbocycles. The second-order valence-corrected chi connectivity index (χ2v) is 7.15. The van der Waals surface area contributed by atoms with Crippen molar-refractivity contribution < 1.29 is 13.5 Å². The van der Waals surface area contributed by atoms with Gasteiger partial charge in [0.1, 0.15) is 0 Å². The third-order valence-electron chi connectivity index (χ3n) is 4.03. The maximum atomic E-state index is 11.7. The number of hydrogen-bond donors (Lipinski definition) is 3. The Bertz CT molecular complexity index is 916. The number of aliphatic hydroxyl groups is 1. The lowest BCUT2D eigenvalue weighted by atomic mass is 9.73. The molecule has 2 aromatic rings. The van der Waals surface area contributed by atoms with Crippen LogP contribution in [0, 0.1) is 0 Å². The second kappa shape index (κ2) is 5.44. The Morgan fingerprint density at radius 2 is 2.17 bits per heavy atom. The maximum absolute atomic E-state index is 11.7. The van der Waals surface area contributed by atoms with E-state index in [0.717, 1.165) is 5.56 Å². The van der Waals surface area contributed by atoms with Gasteiger partial charge in [0, 0.05) is 18.2 Å². The van der Waals surface area contributed by atoms with Crippen LogP contribution in [0.5, 0.6) is 0 Å². The fourth-order valence-corrected chi connectivity index (χ4v) is 3.60. The largest absolute Gasteiger partial charge is 0.396 e. The number of aromatic nitrogens is 3. The van der Waals surface area contributed by atoms with Crippen LogP contribution in [0.25, 0.3) is 5.65 Å². The Morgan fingerprint density at radius 1 is 1.39 bits per heavy atom. The predicted molar refractivity (Wildman–Crippen MR) is 85.7 cm³/mol. The normalized spacial score (nSPS) is 21.6. The van der Waals surface area contributed by atoms with Crippen molar-refractivity contribution in [1.82, 2.24) is 14.6 Å². The first-order valence-electron chi connectivity index (χ1n) is 6.98. The minimum absolute atomic E-state index is 0.0974. The van der Waals surface area contributed by atoms with E-state index in [1.54, 1.807) is 18.3 Å². The summed E-state index contributed by atoms with van der Waals surface area (Å²) in [6.07, 6.45) is 7.28. The topological polar surface area (TPSA) is 137 Å². The SMILES string of the molecule is Nc1nc2ccc(C3(CCO)C=CC=C(S(N)(=O)=O)C3)cn2n1. The molecule has 0 saturated heterocycles. The van der Waals surface area contributed by atoms with Gasteiger partial charge in [-0.15, -0.1) is 5.10 Å². The van der Waals surface area contributed by atoms with Gasteiger partial charge >= 0.3 is 0 Å². The van der Waals surface area contributed by atoms with E-state index < -0.39 is 15.4 Å². The number of nitrogens with two attached hydrogens (primary N) is 2. The van der Waals surface area contributed by atoms with E-state index in [9.17, 15) is 13.5 Å². The molecular formula is C14H17N5O3S. The number of anilines is 1. The summed E-state index contributed by atoms with van der Waals surface area (Å²) in [5, 5.41) is 18.8. The smallest absolute Gasteiger partial charge is 0.240 e. The molecule has 1 aliphatic rings. The van der Waals surface area contributed by atoms with Gasteiger partial charge in [0.25, 0.3) is 0 Å². The van der Waals surface area contributed by atoms with Crippen LogP contribution in [-0.2, 0) is 15.4 Å². The number of hydrogen-bond acceptors (Lipinski definition) is 6. The molecule has 8 nitrogen and oxygen atoms in total. The number of primary sulfonamides is 1. The Hall–Kier alpha value is -2.23. The maximum Gasteiger partial charge on any atom is 0.240 e. The number of sulfonamides is 1. The number of allylic oxidation sites excluding steroid dienone is 4. The lowest BCUT2D eigenvalue weighted by molar-refractivity contribution is 0.255. The van der Waals surface area contributed by atoms with Gasteiger partial charge in [0.15, 0.2) is 5.65 Å². The van der Waals surface area contributed by atoms with Gasteiger partial charge < -0.3 is 10.8 Å².